The van der Waals surface area contributed by atoms with Crippen molar-refractivity contribution in [1.82, 2.24) is 4.98 Å². The van der Waals surface area contributed by atoms with Gasteiger partial charge in [-0.1, -0.05) is 0 Å². The first kappa shape index (κ1) is 15.9. The second kappa shape index (κ2) is 5.84. The molecule has 1 aromatic heterocycles. The van der Waals surface area contributed by atoms with Gasteiger partial charge in [0.2, 0.25) is 5.88 Å². The highest BCUT2D eigenvalue weighted by Crippen LogP contribution is 2.33. The van der Waals surface area contributed by atoms with Crippen molar-refractivity contribution in [2.75, 3.05) is 7.11 Å². The van der Waals surface area contributed by atoms with Gasteiger partial charge in [0.15, 0.2) is 0 Å². The van der Waals surface area contributed by atoms with Crippen molar-refractivity contribution < 1.29 is 36.2 Å². The number of nitrogens with zero attached hydrogens (tertiary/aromatic N) is 1. The topological polar surface area (TPSA) is 48.4 Å². The molecule has 0 atom stereocenters. The van der Waals surface area contributed by atoms with Gasteiger partial charge in [0, 0.05) is 6.20 Å². The molecule has 10 heteroatoms. The third kappa shape index (κ3) is 3.88. The third-order valence-electron chi connectivity index (χ3n) is 1.85. The molecule has 0 amide bonds. The Morgan fingerprint density at radius 1 is 1.42 bits per heavy atom. The van der Waals surface area contributed by atoms with Crippen molar-refractivity contribution in [3.63, 3.8) is 0 Å². The predicted octanol–water partition coefficient (Wildman–Crippen LogP) is 3.31. The maximum atomic E-state index is 12.7. The van der Waals surface area contributed by atoms with Gasteiger partial charge in [0.1, 0.15) is 0 Å². The summed E-state index contributed by atoms with van der Waals surface area (Å²) in [4.78, 5) is 14.5. The van der Waals surface area contributed by atoms with Crippen LogP contribution in [0.25, 0.3) is 0 Å². The summed E-state index contributed by atoms with van der Waals surface area (Å²) in [5, 5.41) is 0. The standard InChI is InChI=1S/C9H5F5INO3/c1-18-8(17)4-3(6(10)11)2-16-7(5(4)15)19-9(12,13)14/h2,6H,1H3. The molecule has 1 rings (SSSR count). The van der Waals surface area contributed by atoms with Crippen LogP contribution >= 0.6 is 22.6 Å². The highest BCUT2D eigenvalue weighted by Gasteiger charge is 2.35. The number of methoxy groups -OCH3 is 1. The number of rotatable bonds is 3. The Bertz CT molecular complexity index is 491. The molecule has 1 heterocycles. The van der Waals surface area contributed by atoms with Crippen molar-refractivity contribution in [2.45, 2.75) is 12.8 Å². The number of carbonyl (C=O) groups excluding carboxylic acids is 1. The van der Waals surface area contributed by atoms with Crippen molar-refractivity contribution >= 4 is 28.6 Å². The van der Waals surface area contributed by atoms with E-state index in [9.17, 15) is 26.7 Å². The van der Waals surface area contributed by atoms with Crippen LogP contribution < -0.4 is 4.74 Å². The first-order valence-electron chi connectivity index (χ1n) is 4.48. The summed E-state index contributed by atoms with van der Waals surface area (Å²) in [5.41, 5.74) is -1.53. The number of alkyl halides is 5. The average Bonchev–Trinajstić information content (AvgIpc) is 2.28. The van der Waals surface area contributed by atoms with E-state index >= 15 is 0 Å². The molecule has 0 aliphatic heterocycles. The number of pyridine rings is 1. The molecule has 0 saturated carbocycles. The Labute approximate surface area is 117 Å². The van der Waals surface area contributed by atoms with Crippen LogP contribution in [0.5, 0.6) is 5.88 Å². The van der Waals surface area contributed by atoms with E-state index in [4.69, 9.17) is 0 Å². The lowest BCUT2D eigenvalue weighted by molar-refractivity contribution is -0.276. The summed E-state index contributed by atoms with van der Waals surface area (Å²) in [6.07, 6.45) is -7.69. The van der Waals surface area contributed by atoms with Crippen molar-refractivity contribution in [2.24, 2.45) is 0 Å². The van der Waals surface area contributed by atoms with Gasteiger partial charge >= 0.3 is 12.3 Å². The van der Waals surface area contributed by atoms with E-state index in [2.05, 4.69) is 14.5 Å². The fraction of sp³-hybridized carbons (Fsp3) is 0.333. The molecule has 0 fully saturated rings. The Hall–Kier alpha value is -1.20. The van der Waals surface area contributed by atoms with Gasteiger partial charge in [-0.15, -0.1) is 13.2 Å². The Morgan fingerprint density at radius 2 is 2.00 bits per heavy atom. The van der Waals surface area contributed by atoms with E-state index in [1.54, 1.807) is 0 Å². The summed E-state index contributed by atoms with van der Waals surface area (Å²) in [6, 6.07) is 0. The van der Waals surface area contributed by atoms with E-state index in [1.165, 1.54) is 22.6 Å². The molecular weight excluding hydrogens is 392 g/mol. The summed E-state index contributed by atoms with van der Waals surface area (Å²) < 4.78 is 68.8. The molecule has 0 N–H and O–H groups in total. The van der Waals surface area contributed by atoms with Gasteiger partial charge in [-0.3, -0.25) is 0 Å². The number of halogens is 6. The summed E-state index contributed by atoms with van der Waals surface area (Å²) in [6.45, 7) is 0. The fourth-order valence-corrected chi connectivity index (χ4v) is 1.92. The number of hydrogen-bond acceptors (Lipinski definition) is 4. The monoisotopic (exact) mass is 397 g/mol. The van der Waals surface area contributed by atoms with Crippen LogP contribution in [-0.4, -0.2) is 24.4 Å². The van der Waals surface area contributed by atoms with Crippen LogP contribution in [0.1, 0.15) is 22.3 Å². The largest absolute Gasteiger partial charge is 0.574 e. The molecule has 1 aromatic rings. The Kier molecular flexibility index (Phi) is 4.87. The zero-order valence-electron chi connectivity index (χ0n) is 9.09. The lowest BCUT2D eigenvalue weighted by atomic mass is 10.1. The van der Waals surface area contributed by atoms with Crippen LogP contribution in [0.2, 0.25) is 0 Å². The van der Waals surface area contributed by atoms with Crippen LogP contribution in [0.4, 0.5) is 22.0 Å². The normalized spacial score (nSPS) is 11.6. The lowest BCUT2D eigenvalue weighted by Gasteiger charge is -2.14. The van der Waals surface area contributed by atoms with Crippen molar-refractivity contribution in [3.8, 4) is 5.88 Å². The third-order valence-corrected chi connectivity index (χ3v) is 2.85. The van der Waals surface area contributed by atoms with Gasteiger partial charge in [-0.2, -0.15) is 0 Å². The lowest BCUT2D eigenvalue weighted by Crippen LogP contribution is -2.20. The predicted molar refractivity (Wildman–Crippen MR) is 59.9 cm³/mol. The molecule has 0 bridgehead atoms. The minimum absolute atomic E-state index is 0.445. The van der Waals surface area contributed by atoms with Crippen molar-refractivity contribution in [3.05, 3.63) is 20.9 Å². The van der Waals surface area contributed by atoms with Gasteiger partial charge in [-0.25, -0.2) is 18.6 Å². The smallest absolute Gasteiger partial charge is 0.465 e. The quantitative estimate of drug-likeness (QED) is 0.446. The average molecular weight is 397 g/mol. The van der Waals surface area contributed by atoms with Gasteiger partial charge in [0.25, 0.3) is 6.43 Å². The van der Waals surface area contributed by atoms with E-state index in [1.807, 2.05) is 0 Å². The van der Waals surface area contributed by atoms with Crippen LogP contribution in [0.3, 0.4) is 0 Å². The number of ether oxygens (including phenoxy) is 2. The molecule has 0 spiro atoms. The zero-order valence-corrected chi connectivity index (χ0v) is 11.3. The first-order chi connectivity index (χ1) is 8.67. The van der Waals surface area contributed by atoms with Gasteiger partial charge in [0.05, 0.1) is 21.8 Å². The van der Waals surface area contributed by atoms with E-state index < -0.39 is 39.3 Å². The molecule has 0 radical (unpaired) electrons. The molecular formula is C9H5F5INO3. The van der Waals surface area contributed by atoms with Crippen molar-refractivity contribution in [1.29, 1.82) is 0 Å². The zero-order chi connectivity index (χ0) is 14.8. The Balaban J connectivity index is 3.37. The SMILES string of the molecule is COC(=O)c1c(C(F)F)cnc(OC(F)(F)F)c1I. The van der Waals surface area contributed by atoms with Gasteiger partial charge in [-0.05, 0) is 22.6 Å². The van der Waals surface area contributed by atoms with E-state index in [0.717, 1.165) is 7.11 Å². The molecule has 19 heavy (non-hydrogen) atoms. The molecule has 0 saturated heterocycles. The molecule has 106 valence electrons. The molecule has 0 unspecified atom stereocenters. The second-order valence-electron chi connectivity index (χ2n) is 3.05. The first-order valence-corrected chi connectivity index (χ1v) is 5.56. The second-order valence-corrected chi connectivity index (χ2v) is 4.13. The van der Waals surface area contributed by atoms with E-state index in [0.29, 0.717) is 6.20 Å². The minimum Gasteiger partial charge on any atom is -0.465 e. The highest BCUT2D eigenvalue weighted by molar-refractivity contribution is 14.1. The van der Waals surface area contributed by atoms with Crippen LogP contribution in [0.15, 0.2) is 6.20 Å². The number of aromatic nitrogens is 1. The molecule has 4 nitrogen and oxygen atoms in total. The van der Waals surface area contributed by atoms with Crippen LogP contribution in [-0.2, 0) is 4.74 Å². The number of esters is 1. The number of carbonyl (C=O) groups is 1. The number of hydrogen-bond donors (Lipinski definition) is 0. The van der Waals surface area contributed by atoms with E-state index in [-0.39, 0.29) is 0 Å². The Morgan fingerprint density at radius 3 is 2.42 bits per heavy atom. The van der Waals surface area contributed by atoms with Crippen LogP contribution in [0, 0.1) is 3.57 Å². The summed E-state index contributed by atoms with van der Waals surface area (Å²) in [5.74, 6) is -2.19. The maximum absolute atomic E-state index is 12.7. The molecule has 0 aliphatic carbocycles. The highest BCUT2D eigenvalue weighted by atomic mass is 127. The fourth-order valence-electron chi connectivity index (χ4n) is 1.14. The summed E-state index contributed by atoms with van der Waals surface area (Å²) >= 11 is 1.26. The molecule has 0 aromatic carbocycles. The minimum atomic E-state index is -5.05. The summed E-state index contributed by atoms with van der Waals surface area (Å²) in [7, 11) is 0.915. The maximum Gasteiger partial charge on any atom is 0.574 e. The molecule has 0 aliphatic rings. The van der Waals surface area contributed by atoms with Gasteiger partial charge < -0.3 is 9.47 Å².